The van der Waals surface area contributed by atoms with Gasteiger partial charge in [0.15, 0.2) is 0 Å². The molecule has 1 N–H and O–H groups in total. The molecule has 1 unspecified atom stereocenters. The topological polar surface area (TPSA) is 80.3 Å². The molecule has 8 nitrogen and oxygen atoms in total. The van der Waals surface area contributed by atoms with E-state index in [1.54, 1.807) is 12.0 Å². The molecular formula is C28H37N3O5. The van der Waals surface area contributed by atoms with Crippen molar-refractivity contribution >= 4 is 17.5 Å². The second-order valence-corrected chi connectivity index (χ2v) is 9.62. The SMILES string of the molecule is COc1ccc(C)cc1N1CC(C(=O)NCc2cccc(OCCN(C)C3CCOCC3)c2)CC1=O. The van der Waals surface area contributed by atoms with Crippen molar-refractivity contribution in [3.8, 4) is 11.5 Å². The van der Waals surface area contributed by atoms with E-state index in [9.17, 15) is 9.59 Å². The van der Waals surface area contributed by atoms with Crippen LogP contribution in [0, 0.1) is 12.8 Å². The first-order valence-electron chi connectivity index (χ1n) is 12.7. The van der Waals surface area contributed by atoms with Crippen LogP contribution in [0.1, 0.15) is 30.4 Å². The standard InChI is InChI=1S/C28H37N3O5/c1-20-7-8-26(34-3)25(15-20)31-19-22(17-27(31)32)28(33)29-18-21-5-4-6-24(16-21)36-14-11-30(2)23-9-12-35-13-10-23/h4-8,15-16,22-23H,9-14,17-19H2,1-3H3,(H,29,33). The van der Waals surface area contributed by atoms with Crippen LogP contribution in [0.2, 0.25) is 0 Å². The van der Waals surface area contributed by atoms with Gasteiger partial charge in [-0.25, -0.2) is 0 Å². The van der Waals surface area contributed by atoms with Crippen LogP contribution in [0.5, 0.6) is 11.5 Å². The number of amides is 2. The van der Waals surface area contributed by atoms with E-state index in [2.05, 4.69) is 17.3 Å². The maximum atomic E-state index is 12.9. The van der Waals surface area contributed by atoms with Crippen LogP contribution in [0.4, 0.5) is 5.69 Å². The maximum Gasteiger partial charge on any atom is 0.227 e. The second kappa shape index (κ2) is 12.2. The first-order chi connectivity index (χ1) is 17.4. The number of ether oxygens (including phenoxy) is 3. The van der Waals surface area contributed by atoms with Crippen LogP contribution in [0.25, 0.3) is 0 Å². The number of nitrogens with zero attached hydrogens (tertiary/aromatic N) is 2. The first kappa shape index (κ1) is 26.0. The van der Waals surface area contributed by atoms with Crippen molar-refractivity contribution in [1.82, 2.24) is 10.2 Å². The highest BCUT2D eigenvalue weighted by atomic mass is 16.5. The van der Waals surface area contributed by atoms with Crippen LogP contribution in [-0.4, -0.2) is 69.8 Å². The van der Waals surface area contributed by atoms with E-state index in [4.69, 9.17) is 14.2 Å². The Morgan fingerprint density at radius 2 is 2.00 bits per heavy atom. The zero-order chi connectivity index (χ0) is 25.5. The lowest BCUT2D eigenvalue weighted by molar-refractivity contribution is -0.126. The molecule has 36 heavy (non-hydrogen) atoms. The van der Waals surface area contributed by atoms with Crippen molar-refractivity contribution in [2.24, 2.45) is 5.92 Å². The minimum atomic E-state index is -0.400. The number of aryl methyl sites for hydroxylation is 1. The molecule has 2 saturated heterocycles. The van der Waals surface area contributed by atoms with E-state index >= 15 is 0 Å². The van der Waals surface area contributed by atoms with Crippen LogP contribution in [0.3, 0.4) is 0 Å². The molecule has 2 amide bonds. The summed E-state index contributed by atoms with van der Waals surface area (Å²) >= 11 is 0. The van der Waals surface area contributed by atoms with E-state index in [0.29, 0.717) is 37.2 Å². The summed E-state index contributed by atoms with van der Waals surface area (Å²) in [6.45, 7) is 5.81. The second-order valence-electron chi connectivity index (χ2n) is 9.62. The van der Waals surface area contributed by atoms with E-state index in [1.807, 2.05) is 49.4 Å². The molecule has 0 saturated carbocycles. The Hall–Kier alpha value is -3.10. The zero-order valence-electron chi connectivity index (χ0n) is 21.5. The highest BCUT2D eigenvalue weighted by Gasteiger charge is 2.36. The summed E-state index contributed by atoms with van der Waals surface area (Å²) in [7, 11) is 3.72. The first-order valence-corrected chi connectivity index (χ1v) is 12.7. The Labute approximate surface area is 213 Å². The van der Waals surface area contributed by atoms with Crippen molar-refractivity contribution in [2.45, 2.75) is 38.8 Å². The minimum absolute atomic E-state index is 0.0693. The molecule has 2 fully saturated rings. The summed E-state index contributed by atoms with van der Waals surface area (Å²) in [5, 5.41) is 2.99. The van der Waals surface area contributed by atoms with Crippen molar-refractivity contribution in [3.05, 3.63) is 53.6 Å². The Balaban J connectivity index is 1.26. The van der Waals surface area contributed by atoms with Gasteiger partial charge in [-0.2, -0.15) is 0 Å². The molecule has 2 aliphatic heterocycles. The van der Waals surface area contributed by atoms with Gasteiger partial charge in [-0.3, -0.25) is 14.5 Å². The average Bonchev–Trinajstić information content (AvgIpc) is 3.29. The lowest BCUT2D eigenvalue weighted by atomic mass is 10.1. The van der Waals surface area contributed by atoms with Crippen molar-refractivity contribution in [3.63, 3.8) is 0 Å². The van der Waals surface area contributed by atoms with Crippen LogP contribution in [0.15, 0.2) is 42.5 Å². The molecule has 1 atom stereocenters. The van der Waals surface area contributed by atoms with Gasteiger partial charge >= 0.3 is 0 Å². The predicted octanol–water partition coefficient (Wildman–Crippen LogP) is 3.16. The molecule has 2 aliphatic rings. The molecule has 0 aliphatic carbocycles. The number of benzene rings is 2. The normalized spacial score (nSPS) is 18.5. The van der Waals surface area contributed by atoms with E-state index in [0.717, 1.165) is 49.5 Å². The lowest BCUT2D eigenvalue weighted by Crippen LogP contribution is -2.38. The number of carbonyl (C=O) groups excluding carboxylic acids is 2. The molecular weight excluding hydrogens is 458 g/mol. The minimum Gasteiger partial charge on any atom is -0.495 e. The van der Waals surface area contributed by atoms with Gasteiger partial charge in [-0.15, -0.1) is 0 Å². The fraction of sp³-hybridized carbons (Fsp3) is 0.500. The number of nitrogens with one attached hydrogen (secondary N) is 1. The quantitative estimate of drug-likeness (QED) is 0.546. The van der Waals surface area contributed by atoms with Gasteiger partial charge in [-0.05, 0) is 62.2 Å². The number of hydrogen-bond acceptors (Lipinski definition) is 6. The number of anilines is 1. The van der Waals surface area contributed by atoms with Gasteiger partial charge < -0.3 is 24.4 Å². The number of likely N-dealkylation sites (N-methyl/N-ethyl adjacent to an activating group) is 1. The molecule has 0 aromatic heterocycles. The summed E-state index contributed by atoms with van der Waals surface area (Å²) in [5.74, 6) is 0.826. The van der Waals surface area contributed by atoms with Gasteiger partial charge in [0.25, 0.3) is 0 Å². The number of hydrogen-bond donors (Lipinski definition) is 1. The Kier molecular flexibility index (Phi) is 8.83. The molecule has 2 aromatic carbocycles. The molecule has 194 valence electrons. The van der Waals surface area contributed by atoms with Crippen molar-refractivity contribution in [1.29, 1.82) is 0 Å². The summed E-state index contributed by atoms with van der Waals surface area (Å²) < 4.78 is 16.8. The van der Waals surface area contributed by atoms with Crippen LogP contribution < -0.4 is 19.7 Å². The fourth-order valence-electron chi connectivity index (χ4n) is 4.82. The summed E-state index contributed by atoms with van der Waals surface area (Å²) in [6.07, 6.45) is 2.32. The smallest absolute Gasteiger partial charge is 0.227 e. The van der Waals surface area contributed by atoms with Gasteiger partial charge in [-0.1, -0.05) is 18.2 Å². The van der Waals surface area contributed by atoms with Crippen LogP contribution >= 0.6 is 0 Å². The third-order valence-corrected chi connectivity index (χ3v) is 7.01. The van der Waals surface area contributed by atoms with Gasteiger partial charge in [0.2, 0.25) is 11.8 Å². The highest BCUT2D eigenvalue weighted by Crippen LogP contribution is 2.34. The number of carbonyl (C=O) groups is 2. The van der Waals surface area contributed by atoms with Gasteiger partial charge in [0.1, 0.15) is 18.1 Å². The van der Waals surface area contributed by atoms with Gasteiger partial charge in [0, 0.05) is 45.3 Å². The summed E-state index contributed by atoms with van der Waals surface area (Å²) in [6, 6.07) is 14.0. The third-order valence-electron chi connectivity index (χ3n) is 7.01. The molecule has 0 spiro atoms. The molecule has 8 heteroatoms. The van der Waals surface area contributed by atoms with Gasteiger partial charge in [0.05, 0.1) is 18.7 Å². The largest absolute Gasteiger partial charge is 0.495 e. The van der Waals surface area contributed by atoms with Crippen LogP contribution in [-0.2, 0) is 20.9 Å². The fourth-order valence-corrected chi connectivity index (χ4v) is 4.82. The summed E-state index contributed by atoms with van der Waals surface area (Å²) in [4.78, 5) is 29.6. The van der Waals surface area contributed by atoms with Crippen molar-refractivity contribution in [2.75, 3.05) is 52.0 Å². The Morgan fingerprint density at radius 3 is 2.78 bits per heavy atom. The molecule has 2 aromatic rings. The molecule has 0 bridgehead atoms. The summed E-state index contributed by atoms with van der Waals surface area (Å²) in [5.41, 5.74) is 2.70. The molecule has 2 heterocycles. The molecule has 0 radical (unpaired) electrons. The van der Waals surface area contributed by atoms with E-state index in [-0.39, 0.29) is 18.2 Å². The lowest BCUT2D eigenvalue weighted by Gasteiger charge is -2.31. The van der Waals surface area contributed by atoms with E-state index < -0.39 is 5.92 Å². The highest BCUT2D eigenvalue weighted by molar-refractivity contribution is 6.01. The number of methoxy groups -OCH3 is 1. The van der Waals surface area contributed by atoms with E-state index in [1.165, 1.54) is 0 Å². The maximum absolute atomic E-state index is 12.9. The third kappa shape index (κ3) is 6.56. The Morgan fingerprint density at radius 1 is 1.19 bits per heavy atom. The number of rotatable bonds is 10. The predicted molar refractivity (Wildman–Crippen MR) is 138 cm³/mol. The monoisotopic (exact) mass is 495 g/mol. The van der Waals surface area contributed by atoms with Crippen molar-refractivity contribution < 1.29 is 23.8 Å². The average molecular weight is 496 g/mol. The Bertz CT molecular complexity index is 1050. The zero-order valence-corrected chi connectivity index (χ0v) is 21.5. The molecule has 4 rings (SSSR count).